The zero-order valence-electron chi connectivity index (χ0n) is 8.01. The van der Waals surface area contributed by atoms with Crippen LogP contribution >= 0.6 is 0 Å². The quantitative estimate of drug-likeness (QED) is 0.590. The third-order valence-electron chi connectivity index (χ3n) is 3.52. The van der Waals surface area contributed by atoms with E-state index >= 15 is 0 Å². The highest BCUT2D eigenvalue weighted by molar-refractivity contribution is 4.90. The minimum atomic E-state index is 0.647. The molecule has 2 aliphatic heterocycles. The first-order chi connectivity index (χ1) is 5.85. The van der Waals surface area contributed by atoms with Gasteiger partial charge in [0.2, 0.25) is 0 Å². The van der Waals surface area contributed by atoms with Crippen LogP contribution in [-0.2, 0) is 4.74 Å². The van der Waals surface area contributed by atoms with E-state index in [0.717, 1.165) is 13.2 Å². The molecular formula is C10H19NO. The molecular weight excluding hydrogens is 150 g/mol. The highest BCUT2D eigenvalue weighted by Crippen LogP contribution is 2.39. The lowest BCUT2D eigenvalue weighted by Crippen LogP contribution is -2.32. The smallest absolute Gasteiger partial charge is 0.0471 e. The molecule has 2 nitrogen and oxygen atoms in total. The molecule has 0 N–H and O–H groups in total. The summed E-state index contributed by atoms with van der Waals surface area (Å²) in [6.45, 7) is 8.12. The molecule has 2 rings (SSSR count). The van der Waals surface area contributed by atoms with Crippen molar-refractivity contribution in [1.82, 2.24) is 4.90 Å². The second kappa shape index (κ2) is 3.35. The molecule has 12 heavy (non-hydrogen) atoms. The van der Waals surface area contributed by atoms with Gasteiger partial charge in [0.15, 0.2) is 0 Å². The monoisotopic (exact) mass is 169 g/mol. The van der Waals surface area contributed by atoms with Crippen molar-refractivity contribution in [3.05, 3.63) is 0 Å². The Hall–Kier alpha value is -0.0800. The Labute approximate surface area is 74.9 Å². The van der Waals surface area contributed by atoms with Gasteiger partial charge >= 0.3 is 0 Å². The summed E-state index contributed by atoms with van der Waals surface area (Å²) in [4.78, 5) is 2.57. The largest absolute Gasteiger partial charge is 0.381 e. The summed E-state index contributed by atoms with van der Waals surface area (Å²) in [5.41, 5.74) is 0.647. The average molecular weight is 169 g/mol. The molecule has 0 amide bonds. The first-order valence-corrected chi connectivity index (χ1v) is 5.15. The Morgan fingerprint density at radius 3 is 2.58 bits per heavy atom. The predicted molar refractivity (Wildman–Crippen MR) is 49.2 cm³/mol. The van der Waals surface area contributed by atoms with Crippen molar-refractivity contribution in [3.8, 4) is 0 Å². The average Bonchev–Trinajstić information content (AvgIpc) is 2.50. The van der Waals surface area contributed by atoms with Gasteiger partial charge < -0.3 is 9.64 Å². The molecule has 1 spiro atoms. The number of hydrogen-bond donors (Lipinski definition) is 0. The van der Waals surface area contributed by atoms with Gasteiger partial charge in [-0.05, 0) is 37.8 Å². The number of nitrogens with zero attached hydrogens (tertiary/aromatic N) is 1. The zero-order valence-corrected chi connectivity index (χ0v) is 8.01. The number of hydrogen-bond acceptors (Lipinski definition) is 2. The summed E-state index contributed by atoms with van der Waals surface area (Å²) in [5, 5.41) is 0. The van der Waals surface area contributed by atoms with Gasteiger partial charge in [0.1, 0.15) is 0 Å². The highest BCUT2D eigenvalue weighted by Gasteiger charge is 2.38. The molecule has 0 aromatic carbocycles. The molecule has 2 fully saturated rings. The van der Waals surface area contributed by atoms with Crippen molar-refractivity contribution in [2.24, 2.45) is 5.41 Å². The van der Waals surface area contributed by atoms with Crippen LogP contribution in [0.5, 0.6) is 0 Å². The Bertz CT molecular complexity index is 152. The number of likely N-dealkylation sites (tertiary alicyclic amines) is 1. The molecule has 0 aromatic rings. The van der Waals surface area contributed by atoms with E-state index in [9.17, 15) is 0 Å². The summed E-state index contributed by atoms with van der Waals surface area (Å²) < 4.78 is 5.41. The lowest BCUT2D eigenvalue weighted by atomic mass is 9.80. The standard InChI is InChI=1S/C10H19NO/c1-2-11-6-3-10(9-11)4-7-12-8-5-10/h2-9H2,1H3. The van der Waals surface area contributed by atoms with Gasteiger partial charge in [-0.25, -0.2) is 0 Å². The van der Waals surface area contributed by atoms with E-state index < -0.39 is 0 Å². The van der Waals surface area contributed by atoms with Gasteiger partial charge in [-0.1, -0.05) is 6.92 Å². The van der Waals surface area contributed by atoms with Gasteiger partial charge in [-0.15, -0.1) is 0 Å². The van der Waals surface area contributed by atoms with Crippen LogP contribution in [0.25, 0.3) is 0 Å². The summed E-state index contributed by atoms with van der Waals surface area (Å²) in [5.74, 6) is 0. The first kappa shape index (κ1) is 8.52. The topological polar surface area (TPSA) is 12.5 Å². The van der Waals surface area contributed by atoms with Gasteiger partial charge in [0.25, 0.3) is 0 Å². The molecule has 0 aromatic heterocycles. The van der Waals surface area contributed by atoms with E-state index in [1.807, 2.05) is 0 Å². The molecule has 0 atom stereocenters. The van der Waals surface area contributed by atoms with Gasteiger partial charge in [0.05, 0.1) is 0 Å². The van der Waals surface area contributed by atoms with E-state index in [1.165, 1.54) is 38.9 Å². The summed E-state index contributed by atoms with van der Waals surface area (Å²) in [6, 6.07) is 0. The van der Waals surface area contributed by atoms with Crippen LogP contribution in [0.15, 0.2) is 0 Å². The van der Waals surface area contributed by atoms with Crippen molar-refractivity contribution >= 4 is 0 Å². The molecule has 2 heterocycles. The Kier molecular flexibility index (Phi) is 2.37. The summed E-state index contributed by atoms with van der Waals surface area (Å²) in [6.07, 6.45) is 4.00. The SMILES string of the molecule is CCN1CCC2(CCOCC2)C1. The minimum Gasteiger partial charge on any atom is -0.381 e. The van der Waals surface area contributed by atoms with Crippen LogP contribution in [0.1, 0.15) is 26.2 Å². The van der Waals surface area contributed by atoms with E-state index in [0.29, 0.717) is 5.41 Å². The Morgan fingerprint density at radius 1 is 1.25 bits per heavy atom. The van der Waals surface area contributed by atoms with Crippen LogP contribution in [0.4, 0.5) is 0 Å². The third kappa shape index (κ3) is 1.50. The highest BCUT2D eigenvalue weighted by atomic mass is 16.5. The molecule has 0 aliphatic carbocycles. The van der Waals surface area contributed by atoms with Crippen molar-refractivity contribution in [1.29, 1.82) is 0 Å². The van der Waals surface area contributed by atoms with Crippen molar-refractivity contribution < 1.29 is 4.74 Å². The molecule has 2 heteroatoms. The van der Waals surface area contributed by atoms with Crippen molar-refractivity contribution in [2.45, 2.75) is 26.2 Å². The van der Waals surface area contributed by atoms with E-state index in [4.69, 9.17) is 4.74 Å². The molecule has 2 saturated heterocycles. The van der Waals surface area contributed by atoms with Crippen molar-refractivity contribution in [3.63, 3.8) is 0 Å². The maximum absolute atomic E-state index is 5.41. The normalized spacial score (nSPS) is 29.8. The van der Waals surface area contributed by atoms with Crippen LogP contribution < -0.4 is 0 Å². The molecule has 2 aliphatic rings. The summed E-state index contributed by atoms with van der Waals surface area (Å²) >= 11 is 0. The Balaban J connectivity index is 1.94. The van der Waals surface area contributed by atoms with Crippen LogP contribution in [0.3, 0.4) is 0 Å². The van der Waals surface area contributed by atoms with E-state index in [2.05, 4.69) is 11.8 Å². The van der Waals surface area contributed by atoms with Gasteiger partial charge in [-0.2, -0.15) is 0 Å². The predicted octanol–water partition coefficient (Wildman–Crippen LogP) is 1.51. The summed E-state index contributed by atoms with van der Waals surface area (Å²) in [7, 11) is 0. The fourth-order valence-corrected chi connectivity index (χ4v) is 2.51. The number of rotatable bonds is 1. The van der Waals surface area contributed by atoms with Gasteiger partial charge in [-0.3, -0.25) is 0 Å². The van der Waals surface area contributed by atoms with E-state index in [1.54, 1.807) is 0 Å². The lowest BCUT2D eigenvalue weighted by Gasteiger charge is -2.33. The zero-order chi connectivity index (χ0) is 8.44. The molecule has 70 valence electrons. The van der Waals surface area contributed by atoms with Gasteiger partial charge in [0, 0.05) is 19.8 Å². The third-order valence-corrected chi connectivity index (χ3v) is 3.52. The van der Waals surface area contributed by atoms with Crippen molar-refractivity contribution in [2.75, 3.05) is 32.8 Å². The maximum Gasteiger partial charge on any atom is 0.0471 e. The van der Waals surface area contributed by atoms with Crippen LogP contribution in [-0.4, -0.2) is 37.7 Å². The Morgan fingerprint density at radius 2 is 2.00 bits per heavy atom. The fraction of sp³-hybridized carbons (Fsp3) is 1.00. The first-order valence-electron chi connectivity index (χ1n) is 5.15. The second-order valence-corrected chi connectivity index (χ2v) is 4.23. The fourth-order valence-electron chi connectivity index (χ4n) is 2.51. The number of ether oxygens (including phenoxy) is 1. The second-order valence-electron chi connectivity index (χ2n) is 4.23. The molecule has 0 radical (unpaired) electrons. The maximum atomic E-state index is 5.41. The minimum absolute atomic E-state index is 0.647. The lowest BCUT2D eigenvalue weighted by molar-refractivity contribution is 0.0196. The molecule has 0 unspecified atom stereocenters. The van der Waals surface area contributed by atoms with E-state index in [-0.39, 0.29) is 0 Å². The molecule has 0 bridgehead atoms. The molecule has 0 saturated carbocycles. The van der Waals surface area contributed by atoms with Crippen LogP contribution in [0, 0.1) is 5.41 Å². The van der Waals surface area contributed by atoms with Crippen LogP contribution in [0.2, 0.25) is 0 Å².